The SMILES string of the molecule is CCCCOc1ccc(C2=N/C(=C\c3ccccc3F)C(=O)O2)cc1. The summed E-state index contributed by atoms with van der Waals surface area (Å²) in [7, 11) is 0. The van der Waals surface area contributed by atoms with Gasteiger partial charge in [-0.2, -0.15) is 0 Å². The van der Waals surface area contributed by atoms with Crippen LogP contribution in [0.1, 0.15) is 30.9 Å². The molecule has 0 atom stereocenters. The van der Waals surface area contributed by atoms with Crippen LogP contribution in [0.5, 0.6) is 5.75 Å². The lowest BCUT2D eigenvalue weighted by Gasteiger charge is -2.05. The van der Waals surface area contributed by atoms with Gasteiger partial charge in [-0.1, -0.05) is 31.5 Å². The minimum absolute atomic E-state index is 0.0726. The topological polar surface area (TPSA) is 47.9 Å². The van der Waals surface area contributed by atoms with E-state index in [4.69, 9.17) is 9.47 Å². The van der Waals surface area contributed by atoms with E-state index in [-0.39, 0.29) is 11.6 Å². The number of carbonyl (C=O) groups is 1. The Morgan fingerprint density at radius 2 is 1.92 bits per heavy atom. The molecule has 1 heterocycles. The monoisotopic (exact) mass is 339 g/mol. The largest absolute Gasteiger partial charge is 0.494 e. The molecule has 0 saturated heterocycles. The molecular weight excluding hydrogens is 321 g/mol. The normalized spacial score (nSPS) is 15.2. The third kappa shape index (κ3) is 4.12. The first-order chi connectivity index (χ1) is 12.2. The van der Waals surface area contributed by atoms with Gasteiger partial charge in [0.2, 0.25) is 5.90 Å². The van der Waals surface area contributed by atoms with Crippen molar-refractivity contribution in [3.8, 4) is 5.75 Å². The molecule has 0 spiro atoms. The predicted octanol–water partition coefficient (Wildman–Crippen LogP) is 4.35. The van der Waals surface area contributed by atoms with Crippen LogP contribution < -0.4 is 4.74 Å². The highest BCUT2D eigenvalue weighted by Crippen LogP contribution is 2.21. The number of unbranched alkanes of at least 4 members (excludes halogenated alkanes) is 1. The highest BCUT2D eigenvalue weighted by Gasteiger charge is 2.24. The number of rotatable bonds is 6. The second-order valence-electron chi connectivity index (χ2n) is 5.58. The van der Waals surface area contributed by atoms with Crippen molar-refractivity contribution in [3.63, 3.8) is 0 Å². The Labute approximate surface area is 145 Å². The second kappa shape index (κ2) is 7.75. The fourth-order valence-corrected chi connectivity index (χ4v) is 2.30. The number of halogens is 1. The summed E-state index contributed by atoms with van der Waals surface area (Å²) in [5.74, 6) is -0.0569. The summed E-state index contributed by atoms with van der Waals surface area (Å²) < 4.78 is 24.5. The number of carbonyl (C=O) groups excluding carboxylic acids is 1. The fourth-order valence-electron chi connectivity index (χ4n) is 2.30. The molecule has 0 radical (unpaired) electrons. The molecule has 0 amide bonds. The van der Waals surface area contributed by atoms with Crippen molar-refractivity contribution in [2.75, 3.05) is 6.61 Å². The van der Waals surface area contributed by atoms with Crippen LogP contribution in [0, 0.1) is 5.82 Å². The Balaban J connectivity index is 1.77. The molecule has 2 aromatic rings. The van der Waals surface area contributed by atoms with Crippen LogP contribution in [0.2, 0.25) is 0 Å². The van der Waals surface area contributed by atoms with Crippen molar-refractivity contribution in [1.82, 2.24) is 0 Å². The first kappa shape index (κ1) is 16.9. The number of hydrogen-bond donors (Lipinski definition) is 0. The van der Waals surface area contributed by atoms with Gasteiger partial charge in [0.1, 0.15) is 11.6 Å². The average molecular weight is 339 g/mol. The fraction of sp³-hybridized carbons (Fsp3) is 0.200. The molecule has 5 heteroatoms. The van der Waals surface area contributed by atoms with E-state index in [2.05, 4.69) is 11.9 Å². The Kier molecular flexibility index (Phi) is 5.23. The highest BCUT2D eigenvalue weighted by molar-refractivity contribution is 6.12. The van der Waals surface area contributed by atoms with Crippen LogP contribution in [0.25, 0.3) is 6.08 Å². The van der Waals surface area contributed by atoms with E-state index < -0.39 is 11.8 Å². The third-order valence-corrected chi connectivity index (χ3v) is 3.69. The van der Waals surface area contributed by atoms with Gasteiger partial charge >= 0.3 is 5.97 Å². The number of nitrogens with zero attached hydrogens (tertiary/aromatic N) is 1. The molecule has 1 aliphatic heterocycles. The van der Waals surface area contributed by atoms with E-state index in [0.717, 1.165) is 18.6 Å². The third-order valence-electron chi connectivity index (χ3n) is 3.69. The van der Waals surface area contributed by atoms with Gasteiger partial charge in [0.05, 0.1) is 6.61 Å². The number of cyclic esters (lactones) is 1. The average Bonchev–Trinajstić information content (AvgIpc) is 2.98. The van der Waals surface area contributed by atoms with Gasteiger partial charge in [0.25, 0.3) is 0 Å². The molecule has 0 saturated carbocycles. The first-order valence-corrected chi connectivity index (χ1v) is 8.17. The minimum Gasteiger partial charge on any atom is -0.494 e. The van der Waals surface area contributed by atoms with Crippen molar-refractivity contribution in [1.29, 1.82) is 0 Å². The molecule has 0 aliphatic carbocycles. The molecule has 0 bridgehead atoms. The smallest absolute Gasteiger partial charge is 0.363 e. The number of hydrogen-bond acceptors (Lipinski definition) is 4. The van der Waals surface area contributed by atoms with Gasteiger partial charge in [-0.15, -0.1) is 0 Å². The zero-order valence-corrected chi connectivity index (χ0v) is 13.9. The summed E-state index contributed by atoms with van der Waals surface area (Å²) in [4.78, 5) is 16.1. The summed E-state index contributed by atoms with van der Waals surface area (Å²) in [5.41, 5.74) is 1.02. The van der Waals surface area contributed by atoms with Crippen LogP contribution in [0.15, 0.2) is 59.2 Å². The van der Waals surface area contributed by atoms with Gasteiger partial charge in [-0.05, 0) is 42.8 Å². The number of esters is 1. The van der Waals surface area contributed by atoms with E-state index in [1.54, 1.807) is 42.5 Å². The Bertz CT molecular complexity index is 825. The molecule has 2 aromatic carbocycles. The highest BCUT2D eigenvalue weighted by atomic mass is 19.1. The van der Waals surface area contributed by atoms with Crippen LogP contribution in [0.4, 0.5) is 4.39 Å². The molecule has 0 unspecified atom stereocenters. The standard InChI is InChI=1S/C20H18FNO3/c1-2-3-12-24-16-10-8-14(9-11-16)19-22-18(20(23)25-19)13-15-6-4-5-7-17(15)21/h4-11,13H,2-3,12H2,1H3/b18-13-. The molecule has 25 heavy (non-hydrogen) atoms. The Hall–Kier alpha value is -2.95. The van der Waals surface area contributed by atoms with Crippen LogP contribution in [0.3, 0.4) is 0 Å². The molecule has 3 rings (SSSR count). The van der Waals surface area contributed by atoms with Crippen LogP contribution in [-0.4, -0.2) is 18.5 Å². The second-order valence-corrected chi connectivity index (χ2v) is 5.58. The summed E-state index contributed by atoms with van der Waals surface area (Å²) in [6.45, 7) is 2.77. The predicted molar refractivity (Wildman–Crippen MR) is 93.9 cm³/mol. The van der Waals surface area contributed by atoms with Crippen molar-refractivity contribution in [3.05, 3.63) is 71.2 Å². The molecule has 4 nitrogen and oxygen atoms in total. The number of benzene rings is 2. The maximum Gasteiger partial charge on any atom is 0.363 e. The molecule has 0 N–H and O–H groups in total. The maximum atomic E-state index is 13.7. The van der Waals surface area contributed by atoms with Gasteiger partial charge in [-0.25, -0.2) is 14.2 Å². The lowest BCUT2D eigenvalue weighted by molar-refractivity contribution is -0.129. The van der Waals surface area contributed by atoms with Gasteiger partial charge < -0.3 is 9.47 Å². The van der Waals surface area contributed by atoms with E-state index in [9.17, 15) is 9.18 Å². The molecule has 0 fully saturated rings. The first-order valence-electron chi connectivity index (χ1n) is 8.17. The molecule has 1 aliphatic rings. The van der Waals surface area contributed by atoms with E-state index in [1.165, 1.54) is 12.1 Å². The molecule has 0 aromatic heterocycles. The van der Waals surface area contributed by atoms with Crippen molar-refractivity contribution < 1.29 is 18.7 Å². The van der Waals surface area contributed by atoms with Crippen molar-refractivity contribution >= 4 is 17.9 Å². The minimum atomic E-state index is -0.596. The van der Waals surface area contributed by atoms with Gasteiger partial charge in [-0.3, -0.25) is 0 Å². The van der Waals surface area contributed by atoms with E-state index >= 15 is 0 Å². The van der Waals surface area contributed by atoms with Gasteiger partial charge in [0.15, 0.2) is 5.70 Å². The Morgan fingerprint density at radius 3 is 2.64 bits per heavy atom. The molecule has 128 valence electrons. The van der Waals surface area contributed by atoms with Gasteiger partial charge in [0, 0.05) is 11.1 Å². The zero-order chi connectivity index (χ0) is 17.6. The number of aliphatic imine (C=N–C) groups is 1. The van der Waals surface area contributed by atoms with Crippen LogP contribution in [-0.2, 0) is 9.53 Å². The lowest BCUT2D eigenvalue weighted by atomic mass is 10.2. The zero-order valence-electron chi connectivity index (χ0n) is 13.9. The Morgan fingerprint density at radius 1 is 1.16 bits per heavy atom. The van der Waals surface area contributed by atoms with Crippen LogP contribution >= 0.6 is 0 Å². The van der Waals surface area contributed by atoms with E-state index in [1.807, 2.05) is 0 Å². The summed E-state index contributed by atoms with van der Waals surface area (Å²) in [6, 6.07) is 13.3. The van der Waals surface area contributed by atoms with Crippen molar-refractivity contribution in [2.24, 2.45) is 4.99 Å². The maximum absolute atomic E-state index is 13.7. The number of ether oxygens (including phenoxy) is 2. The lowest BCUT2D eigenvalue weighted by Crippen LogP contribution is -2.05. The summed E-state index contributed by atoms with van der Waals surface area (Å²) in [5, 5.41) is 0. The van der Waals surface area contributed by atoms with E-state index in [0.29, 0.717) is 17.7 Å². The summed E-state index contributed by atoms with van der Waals surface area (Å²) in [6.07, 6.45) is 3.45. The van der Waals surface area contributed by atoms with Crippen molar-refractivity contribution in [2.45, 2.75) is 19.8 Å². The molecular formula is C20H18FNO3. The summed E-state index contributed by atoms with van der Waals surface area (Å²) >= 11 is 0. The quantitative estimate of drug-likeness (QED) is 0.447.